The largest absolute Gasteiger partial charge is 0.450 e. The van der Waals surface area contributed by atoms with Crippen LogP contribution in [-0.4, -0.2) is 10.9 Å². The Labute approximate surface area is 190 Å². The molecule has 4 aromatic rings. The Morgan fingerprint density at radius 2 is 1.75 bits per heavy atom. The maximum absolute atomic E-state index is 13.6. The number of carbonyl (C=O) groups is 1. The summed E-state index contributed by atoms with van der Waals surface area (Å²) in [6, 6.07) is 17.5. The van der Waals surface area contributed by atoms with Gasteiger partial charge in [-0.1, -0.05) is 62.7 Å². The van der Waals surface area contributed by atoms with E-state index in [0.717, 1.165) is 11.1 Å². The van der Waals surface area contributed by atoms with E-state index in [-0.39, 0.29) is 16.6 Å². The van der Waals surface area contributed by atoms with Crippen LogP contribution in [0.5, 0.6) is 0 Å². The van der Waals surface area contributed by atoms with E-state index in [2.05, 4.69) is 25.8 Å². The third-order valence-electron chi connectivity index (χ3n) is 5.82. The normalized spacial score (nSPS) is 15.9. The van der Waals surface area contributed by atoms with E-state index in [1.165, 1.54) is 4.90 Å². The van der Waals surface area contributed by atoms with Crippen LogP contribution in [0.2, 0.25) is 5.02 Å². The van der Waals surface area contributed by atoms with Gasteiger partial charge in [0.15, 0.2) is 5.43 Å². The Balaban J connectivity index is 1.77. The Morgan fingerprint density at radius 3 is 2.41 bits per heavy atom. The average molecular weight is 445 g/mol. The van der Waals surface area contributed by atoms with Gasteiger partial charge in [-0.25, -0.2) is 4.98 Å². The third kappa shape index (κ3) is 3.21. The highest BCUT2D eigenvalue weighted by molar-refractivity contribution is 6.31. The smallest absolute Gasteiger partial charge is 0.296 e. The minimum absolute atomic E-state index is 0.0193. The molecule has 5 rings (SSSR count). The number of aromatic nitrogens is 1. The standard InChI is InChI=1S/C26H21ClN2O3/c1-26(2,3)16-9-7-15(8-10-16)22-21-23(30)18-14-17(27)11-12-19(18)32-24(21)25(31)29(22)20-6-4-5-13-28-20/h4-14,22H,1-3H3. The molecule has 1 aliphatic heterocycles. The zero-order chi connectivity index (χ0) is 22.6. The molecule has 6 heteroatoms. The predicted molar refractivity (Wildman–Crippen MR) is 126 cm³/mol. The SMILES string of the molecule is CC(C)(C)c1ccc(C2c3c(oc4ccc(Cl)cc4c3=O)C(=O)N2c2ccccn2)cc1. The fraction of sp³-hybridized carbons (Fsp3) is 0.192. The Kier molecular flexibility index (Phi) is 4.68. The van der Waals surface area contributed by atoms with Gasteiger partial charge in [-0.3, -0.25) is 14.5 Å². The van der Waals surface area contributed by atoms with E-state index in [4.69, 9.17) is 16.0 Å². The van der Waals surface area contributed by atoms with Crippen LogP contribution >= 0.6 is 11.6 Å². The van der Waals surface area contributed by atoms with Crippen LogP contribution in [0.3, 0.4) is 0 Å². The van der Waals surface area contributed by atoms with Crippen molar-refractivity contribution >= 4 is 34.3 Å². The van der Waals surface area contributed by atoms with Crippen LogP contribution in [0, 0.1) is 0 Å². The molecule has 1 unspecified atom stereocenters. The molecule has 160 valence electrons. The number of anilines is 1. The molecule has 0 spiro atoms. The predicted octanol–water partition coefficient (Wildman–Crippen LogP) is 5.89. The second-order valence-electron chi connectivity index (χ2n) is 8.95. The summed E-state index contributed by atoms with van der Waals surface area (Å²) in [6.45, 7) is 6.42. The number of rotatable bonds is 2. The number of carbonyl (C=O) groups excluding carboxylic acids is 1. The molecule has 0 aliphatic carbocycles. The first-order valence-electron chi connectivity index (χ1n) is 10.4. The van der Waals surface area contributed by atoms with Gasteiger partial charge in [0.25, 0.3) is 5.91 Å². The molecule has 3 heterocycles. The van der Waals surface area contributed by atoms with Gasteiger partial charge in [0, 0.05) is 11.2 Å². The van der Waals surface area contributed by atoms with Crippen molar-refractivity contribution in [3.8, 4) is 0 Å². The summed E-state index contributed by atoms with van der Waals surface area (Å²) in [5.41, 5.74) is 2.32. The van der Waals surface area contributed by atoms with Crippen molar-refractivity contribution in [1.29, 1.82) is 0 Å². The summed E-state index contributed by atoms with van der Waals surface area (Å²) in [4.78, 5) is 33.0. The van der Waals surface area contributed by atoms with E-state index in [9.17, 15) is 9.59 Å². The molecule has 2 aromatic carbocycles. The lowest BCUT2D eigenvalue weighted by atomic mass is 9.86. The summed E-state index contributed by atoms with van der Waals surface area (Å²) in [5, 5.41) is 0.782. The summed E-state index contributed by atoms with van der Waals surface area (Å²) in [5.74, 6) is 0.105. The zero-order valence-corrected chi connectivity index (χ0v) is 18.7. The third-order valence-corrected chi connectivity index (χ3v) is 6.06. The molecular formula is C26H21ClN2O3. The summed E-state index contributed by atoms with van der Waals surface area (Å²) < 4.78 is 5.96. The molecule has 32 heavy (non-hydrogen) atoms. The minimum Gasteiger partial charge on any atom is -0.450 e. The highest BCUT2D eigenvalue weighted by Crippen LogP contribution is 2.41. The van der Waals surface area contributed by atoms with Gasteiger partial charge in [-0.15, -0.1) is 0 Å². The summed E-state index contributed by atoms with van der Waals surface area (Å²) in [7, 11) is 0. The Hall–Kier alpha value is -3.44. The first-order chi connectivity index (χ1) is 15.3. The fourth-order valence-corrected chi connectivity index (χ4v) is 4.33. The number of nitrogens with zero attached hydrogens (tertiary/aromatic N) is 2. The van der Waals surface area contributed by atoms with Crippen molar-refractivity contribution in [2.75, 3.05) is 4.90 Å². The fourth-order valence-electron chi connectivity index (χ4n) is 4.16. The van der Waals surface area contributed by atoms with Crippen molar-refractivity contribution in [1.82, 2.24) is 4.98 Å². The van der Waals surface area contributed by atoms with E-state index in [1.807, 2.05) is 30.3 Å². The maximum Gasteiger partial charge on any atom is 0.296 e. The molecule has 0 N–H and O–H groups in total. The van der Waals surface area contributed by atoms with Gasteiger partial charge in [-0.05, 0) is 46.9 Å². The number of halogens is 1. The van der Waals surface area contributed by atoms with Gasteiger partial charge in [0.1, 0.15) is 11.4 Å². The van der Waals surface area contributed by atoms with Gasteiger partial charge < -0.3 is 4.42 Å². The monoisotopic (exact) mass is 444 g/mol. The molecule has 0 saturated carbocycles. The highest BCUT2D eigenvalue weighted by Gasteiger charge is 2.44. The molecule has 5 nitrogen and oxygen atoms in total. The number of amides is 1. The second kappa shape index (κ2) is 7.31. The summed E-state index contributed by atoms with van der Waals surface area (Å²) in [6.07, 6.45) is 1.62. The van der Waals surface area contributed by atoms with Crippen LogP contribution in [0.1, 0.15) is 54.1 Å². The van der Waals surface area contributed by atoms with Gasteiger partial charge in [-0.2, -0.15) is 0 Å². The van der Waals surface area contributed by atoms with Crippen LogP contribution in [0.25, 0.3) is 11.0 Å². The average Bonchev–Trinajstić information content (AvgIpc) is 3.07. The lowest BCUT2D eigenvalue weighted by Gasteiger charge is -2.25. The zero-order valence-electron chi connectivity index (χ0n) is 17.9. The minimum atomic E-state index is -0.652. The molecule has 1 aliphatic rings. The van der Waals surface area contributed by atoms with Crippen molar-refractivity contribution in [2.24, 2.45) is 0 Å². The van der Waals surface area contributed by atoms with Gasteiger partial charge in [0.2, 0.25) is 5.76 Å². The molecule has 0 fully saturated rings. The quantitative estimate of drug-likeness (QED) is 0.386. The first-order valence-corrected chi connectivity index (χ1v) is 10.7. The number of hydrogen-bond donors (Lipinski definition) is 0. The molecule has 1 amide bonds. The number of pyridine rings is 1. The lowest BCUT2D eigenvalue weighted by Crippen LogP contribution is -2.30. The first kappa shape index (κ1) is 20.5. The van der Waals surface area contributed by atoms with Crippen molar-refractivity contribution in [3.05, 3.63) is 105 Å². The van der Waals surface area contributed by atoms with Gasteiger partial charge in [0.05, 0.1) is 17.0 Å². The van der Waals surface area contributed by atoms with E-state index in [1.54, 1.807) is 36.5 Å². The van der Waals surface area contributed by atoms with Crippen molar-refractivity contribution in [3.63, 3.8) is 0 Å². The van der Waals surface area contributed by atoms with E-state index in [0.29, 0.717) is 27.4 Å². The molecule has 0 saturated heterocycles. The van der Waals surface area contributed by atoms with E-state index >= 15 is 0 Å². The van der Waals surface area contributed by atoms with Crippen LogP contribution in [0.4, 0.5) is 5.82 Å². The molecule has 2 aromatic heterocycles. The molecule has 0 radical (unpaired) electrons. The second-order valence-corrected chi connectivity index (χ2v) is 9.39. The molecule has 1 atom stereocenters. The summed E-state index contributed by atoms with van der Waals surface area (Å²) >= 11 is 6.14. The van der Waals surface area contributed by atoms with E-state index < -0.39 is 11.9 Å². The number of hydrogen-bond acceptors (Lipinski definition) is 4. The number of fused-ring (bicyclic) bond motifs is 2. The molecule has 0 bridgehead atoms. The highest BCUT2D eigenvalue weighted by atomic mass is 35.5. The number of benzene rings is 2. The van der Waals surface area contributed by atoms with Crippen molar-refractivity contribution in [2.45, 2.75) is 32.2 Å². The van der Waals surface area contributed by atoms with Crippen LogP contribution in [-0.2, 0) is 5.41 Å². The van der Waals surface area contributed by atoms with Crippen LogP contribution in [0.15, 0.2) is 76.1 Å². The van der Waals surface area contributed by atoms with Gasteiger partial charge >= 0.3 is 0 Å². The lowest BCUT2D eigenvalue weighted by molar-refractivity contribution is 0.0970. The van der Waals surface area contributed by atoms with Crippen molar-refractivity contribution < 1.29 is 9.21 Å². The Bertz CT molecular complexity index is 1400. The Morgan fingerprint density at radius 1 is 1.00 bits per heavy atom. The topological polar surface area (TPSA) is 63.4 Å². The van der Waals surface area contributed by atoms with Crippen LogP contribution < -0.4 is 10.3 Å². The maximum atomic E-state index is 13.6. The molecular weight excluding hydrogens is 424 g/mol.